The topological polar surface area (TPSA) is 67.4 Å². The normalized spacial score (nSPS) is 10.4. The first-order valence-corrected chi connectivity index (χ1v) is 9.04. The number of hydrogen-bond acceptors (Lipinski definition) is 3. The number of para-hydroxylation sites is 1. The third-order valence-electron chi connectivity index (χ3n) is 3.66. The molecule has 0 radical (unpaired) electrons. The Bertz CT molecular complexity index is 762. The number of aryl methyl sites for hydroxylation is 1. The third-order valence-corrected chi connectivity index (χ3v) is 4.83. The number of amides is 2. The van der Waals surface area contributed by atoms with Crippen molar-refractivity contribution < 1.29 is 14.3 Å². The van der Waals surface area contributed by atoms with Gasteiger partial charge < -0.3 is 15.4 Å². The summed E-state index contributed by atoms with van der Waals surface area (Å²) in [6.45, 7) is 3.10. The van der Waals surface area contributed by atoms with Crippen LogP contribution in [0.4, 0.5) is 5.69 Å². The Hall–Kier alpha value is -1.93. The van der Waals surface area contributed by atoms with Crippen LogP contribution < -0.4 is 10.6 Å². The number of hydrogen-bond donors (Lipinski definition) is 2. The minimum Gasteiger partial charge on any atom is -0.385 e. The van der Waals surface area contributed by atoms with Gasteiger partial charge in [0.05, 0.1) is 11.3 Å². The zero-order chi connectivity index (χ0) is 18.2. The Kier molecular flexibility index (Phi) is 7.39. The molecule has 2 aromatic carbocycles. The second-order valence-electron chi connectivity index (χ2n) is 5.57. The van der Waals surface area contributed by atoms with Gasteiger partial charge in [0.15, 0.2) is 0 Å². The second kappa shape index (κ2) is 9.53. The molecule has 2 N–H and O–H groups in total. The molecule has 0 spiro atoms. The van der Waals surface area contributed by atoms with E-state index in [0.29, 0.717) is 30.0 Å². The maximum absolute atomic E-state index is 12.5. The van der Waals surface area contributed by atoms with E-state index in [-0.39, 0.29) is 11.8 Å². The van der Waals surface area contributed by atoms with Crippen molar-refractivity contribution >= 4 is 40.1 Å². The average molecular weight is 452 g/mol. The molecule has 0 aliphatic rings. The minimum atomic E-state index is -0.238. The summed E-state index contributed by atoms with van der Waals surface area (Å²) in [4.78, 5) is 24.8. The summed E-state index contributed by atoms with van der Waals surface area (Å²) < 4.78 is 5.99. The highest BCUT2D eigenvalue weighted by molar-refractivity contribution is 14.1. The molecule has 0 bridgehead atoms. The minimum absolute atomic E-state index is 0.217. The van der Waals surface area contributed by atoms with Gasteiger partial charge in [-0.3, -0.25) is 9.59 Å². The Labute approximate surface area is 161 Å². The Balaban J connectivity index is 2.10. The predicted octanol–water partition coefficient (Wildman–Crippen LogP) is 3.62. The Morgan fingerprint density at radius 2 is 1.88 bits per heavy atom. The lowest BCUT2D eigenvalue weighted by Crippen LogP contribution is -2.26. The molecule has 2 amide bonds. The molecule has 0 saturated carbocycles. The van der Waals surface area contributed by atoms with E-state index in [1.807, 2.05) is 19.1 Å². The fraction of sp³-hybridized carbons (Fsp3) is 0.263. The Morgan fingerprint density at radius 1 is 1.12 bits per heavy atom. The highest BCUT2D eigenvalue weighted by atomic mass is 127. The molecule has 0 aliphatic carbocycles. The number of anilines is 1. The summed E-state index contributed by atoms with van der Waals surface area (Å²) in [6.07, 6.45) is 0.735. The van der Waals surface area contributed by atoms with Gasteiger partial charge in [0.1, 0.15) is 0 Å². The van der Waals surface area contributed by atoms with Gasteiger partial charge in [0.25, 0.3) is 11.8 Å². The number of carbonyl (C=O) groups excluding carboxylic acids is 2. The third kappa shape index (κ3) is 5.54. The number of carbonyl (C=O) groups is 2. The van der Waals surface area contributed by atoms with Crippen molar-refractivity contribution in [2.75, 3.05) is 25.6 Å². The smallest absolute Gasteiger partial charge is 0.255 e. The van der Waals surface area contributed by atoms with Crippen molar-refractivity contribution in [3.8, 4) is 0 Å². The van der Waals surface area contributed by atoms with Crippen LogP contribution in [0.2, 0.25) is 0 Å². The summed E-state index contributed by atoms with van der Waals surface area (Å²) in [7, 11) is 1.62. The van der Waals surface area contributed by atoms with E-state index >= 15 is 0 Å². The van der Waals surface area contributed by atoms with E-state index in [2.05, 4.69) is 33.2 Å². The van der Waals surface area contributed by atoms with Gasteiger partial charge in [-0.25, -0.2) is 0 Å². The van der Waals surface area contributed by atoms with Crippen LogP contribution in [-0.4, -0.2) is 32.1 Å². The summed E-state index contributed by atoms with van der Waals surface area (Å²) in [6, 6.07) is 12.5. The van der Waals surface area contributed by atoms with E-state index in [4.69, 9.17) is 4.74 Å². The van der Waals surface area contributed by atoms with Crippen molar-refractivity contribution in [2.24, 2.45) is 0 Å². The highest BCUT2D eigenvalue weighted by Gasteiger charge is 2.14. The van der Waals surface area contributed by atoms with Crippen LogP contribution in [0.5, 0.6) is 0 Å². The van der Waals surface area contributed by atoms with E-state index in [9.17, 15) is 9.59 Å². The summed E-state index contributed by atoms with van der Waals surface area (Å²) >= 11 is 2.20. The molecule has 5 nitrogen and oxygen atoms in total. The maximum atomic E-state index is 12.5. The summed E-state index contributed by atoms with van der Waals surface area (Å²) in [5.41, 5.74) is 2.61. The van der Waals surface area contributed by atoms with Crippen LogP contribution in [-0.2, 0) is 4.74 Å². The average Bonchev–Trinajstić information content (AvgIpc) is 2.61. The van der Waals surface area contributed by atoms with Gasteiger partial charge in [0.2, 0.25) is 0 Å². The molecule has 6 heteroatoms. The quantitative estimate of drug-likeness (QED) is 0.498. The zero-order valence-corrected chi connectivity index (χ0v) is 16.4. The fourth-order valence-electron chi connectivity index (χ4n) is 2.23. The number of halogens is 1. The second-order valence-corrected chi connectivity index (χ2v) is 6.73. The molecular formula is C19H21IN2O3. The molecule has 0 atom stereocenters. The first kappa shape index (κ1) is 19.4. The van der Waals surface area contributed by atoms with Gasteiger partial charge in [-0.1, -0.05) is 18.2 Å². The predicted molar refractivity (Wildman–Crippen MR) is 107 cm³/mol. The van der Waals surface area contributed by atoms with Gasteiger partial charge in [-0.05, 0) is 65.8 Å². The van der Waals surface area contributed by atoms with Gasteiger partial charge in [0, 0.05) is 29.4 Å². The monoisotopic (exact) mass is 452 g/mol. The molecule has 0 fully saturated rings. The number of nitrogens with one attached hydrogen (secondary N) is 2. The van der Waals surface area contributed by atoms with Crippen LogP contribution in [0.25, 0.3) is 0 Å². The molecular weight excluding hydrogens is 431 g/mol. The lowest BCUT2D eigenvalue weighted by Gasteiger charge is -2.12. The van der Waals surface area contributed by atoms with E-state index < -0.39 is 0 Å². The molecule has 0 saturated heterocycles. The summed E-state index contributed by atoms with van der Waals surface area (Å²) in [5, 5.41) is 5.66. The van der Waals surface area contributed by atoms with Crippen LogP contribution >= 0.6 is 22.6 Å². The molecule has 2 rings (SSSR count). The van der Waals surface area contributed by atoms with Crippen molar-refractivity contribution in [2.45, 2.75) is 13.3 Å². The largest absolute Gasteiger partial charge is 0.385 e. The number of methoxy groups -OCH3 is 1. The fourth-order valence-corrected chi connectivity index (χ4v) is 2.75. The standard InChI is InChI=1S/C19H21IN2O3/c1-13-8-9-14(12-16(13)20)18(23)22-17-7-4-3-6-15(17)19(24)21-10-5-11-25-2/h3-4,6-9,12H,5,10-11H2,1-2H3,(H,21,24)(H,22,23). The molecule has 0 unspecified atom stereocenters. The number of ether oxygens (including phenoxy) is 1. The van der Waals surface area contributed by atoms with Gasteiger partial charge >= 0.3 is 0 Å². The first-order valence-electron chi connectivity index (χ1n) is 7.96. The highest BCUT2D eigenvalue weighted by Crippen LogP contribution is 2.18. The van der Waals surface area contributed by atoms with Crippen molar-refractivity contribution in [1.29, 1.82) is 0 Å². The summed E-state index contributed by atoms with van der Waals surface area (Å²) in [5.74, 6) is -0.456. The lowest BCUT2D eigenvalue weighted by atomic mass is 10.1. The number of benzene rings is 2. The van der Waals surface area contributed by atoms with Crippen LogP contribution in [0.1, 0.15) is 32.7 Å². The SMILES string of the molecule is COCCCNC(=O)c1ccccc1NC(=O)c1ccc(C)c(I)c1. The van der Waals surface area contributed by atoms with E-state index in [1.54, 1.807) is 37.4 Å². The van der Waals surface area contributed by atoms with E-state index in [0.717, 1.165) is 15.6 Å². The molecule has 132 valence electrons. The molecule has 0 aromatic heterocycles. The van der Waals surface area contributed by atoms with Crippen LogP contribution in [0.15, 0.2) is 42.5 Å². The lowest BCUT2D eigenvalue weighted by molar-refractivity contribution is 0.0949. The molecule has 0 aliphatic heterocycles. The number of rotatable bonds is 7. The van der Waals surface area contributed by atoms with Crippen LogP contribution in [0.3, 0.4) is 0 Å². The first-order chi connectivity index (χ1) is 12.0. The van der Waals surface area contributed by atoms with E-state index in [1.165, 1.54) is 0 Å². The van der Waals surface area contributed by atoms with Gasteiger partial charge in [-0.15, -0.1) is 0 Å². The van der Waals surface area contributed by atoms with Crippen molar-refractivity contribution in [1.82, 2.24) is 5.32 Å². The van der Waals surface area contributed by atoms with Crippen molar-refractivity contribution in [3.05, 3.63) is 62.7 Å². The Morgan fingerprint density at radius 3 is 2.60 bits per heavy atom. The van der Waals surface area contributed by atoms with Gasteiger partial charge in [-0.2, -0.15) is 0 Å². The maximum Gasteiger partial charge on any atom is 0.255 e. The zero-order valence-electron chi connectivity index (χ0n) is 14.3. The molecule has 0 heterocycles. The van der Waals surface area contributed by atoms with Crippen LogP contribution in [0, 0.1) is 10.5 Å². The molecule has 25 heavy (non-hydrogen) atoms. The van der Waals surface area contributed by atoms with Crippen molar-refractivity contribution in [3.63, 3.8) is 0 Å². The molecule has 2 aromatic rings.